The summed E-state index contributed by atoms with van der Waals surface area (Å²) in [5.41, 5.74) is 1.26. The minimum Gasteiger partial charge on any atom is -0.461 e. The Morgan fingerprint density at radius 3 is 2.83 bits per heavy atom. The molecule has 0 saturated carbocycles. The van der Waals surface area contributed by atoms with Crippen molar-refractivity contribution in [1.29, 1.82) is 0 Å². The Labute approximate surface area is 139 Å². The summed E-state index contributed by atoms with van der Waals surface area (Å²) in [4.78, 5) is 14.8. The van der Waals surface area contributed by atoms with Gasteiger partial charge in [0.25, 0.3) is 5.91 Å². The second-order valence-electron chi connectivity index (χ2n) is 6.12. The van der Waals surface area contributed by atoms with Crippen LogP contribution in [0.3, 0.4) is 0 Å². The summed E-state index contributed by atoms with van der Waals surface area (Å²) in [5, 5.41) is 4.73. The average molecular weight is 329 g/mol. The monoisotopic (exact) mass is 329 g/mol. The van der Waals surface area contributed by atoms with Crippen molar-refractivity contribution >= 4 is 22.6 Å². The molecule has 0 spiro atoms. The first-order valence-electron chi connectivity index (χ1n) is 8.01. The molecule has 0 saturated heterocycles. The summed E-state index contributed by atoms with van der Waals surface area (Å²) in [6, 6.07) is 4.39. The molecule has 0 aliphatic carbocycles. The van der Waals surface area contributed by atoms with Crippen molar-refractivity contribution in [3.8, 4) is 0 Å². The number of furan rings is 1. The lowest BCUT2D eigenvalue weighted by atomic mass is 10.1. The van der Waals surface area contributed by atoms with E-state index in [2.05, 4.69) is 5.10 Å². The lowest BCUT2D eigenvalue weighted by Crippen LogP contribution is -2.34. The Morgan fingerprint density at radius 1 is 1.38 bits per heavy atom. The number of halogens is 1. The van der Waals surface area contributed by atoms with Crippen LogP contribution < -0.4 is 4.90 Å². The van der Waals surface area contributed by atoms with Crippen LogP contribution in [-0.4, -0.2) is 22.2 Å². The molecule has 6 heteroatoms. The Hall–Kier alpha value is -2.63. The molecule has 2 aromatic heterocycles. The number of carbonyl (C=O) groups is 1. The fraction of sp³-hybridized carbons (Fsp3) is 0.333. The van der Waals surface area contributed by atoms with E-state index in [-0.39, 0.29) is 17.4 Å². The zero-order valence-corrected chi connectivity index (χ0v) is 14.0. The maximum Gasteiger partial charge on any atom is 0.259 e. The van der Waals surface area contributed by atoms with Crippen LogP contribution >= 0.6 is 0 Å². The first-order valence-corrected chi connectivity index (χ1v) is 8.01. The number of amides is 1. The number of aromatic nitrogens is 2. The van der Waals surface area contributed by atoms with E-state index in [1.54, 1.807) is 21.8 Å². The molecule has 3 aromatic rings. The molecule has 0 fully saturated rings. The van der Waals surface area contributed by atoms with Gasteiger partial charge in [0, 0.05) is 24.7 Å². The predicted molar refractivity (Wildman–Crippen MR) is 90.6 cm³/mol. The fourth-order valence-corrected chi connectivity index (χ4v) is 2.70. The highest BCUT2D eigenvalue weighted by molar-refractivity contribution is 6.13. The standard InChI is InChI=1S/C18H20FN3O2/c1-4-21-11-13(9-20-21)22(10-12(2)3)18(23)15-5-6-16(19)17-14(15)7-8-24-17/h5-9,11-12H,4,10H2,1-3H3. The Balaban J connectivity index is 2.04. The molecule has 3 rings (SSSR count). The SMILES string of the molecule is CCn1cc(N(CC(C)C)C(=O)c2ccc(F)c3occc23)cn1. The van der Waals surface area contributed by atoms with Crippen LogP contribution in [0.1, 0.15) is 31.1 Å². The summed E-state index contributed by atoms with van der Waals surface area (Å²) in [5.74, 6) is -0.384. The van der Waals surface area contributed by atoms with Gasteiger partial charge in [0.05, 0.1) is 23.7 Å². The van der Waals surface area contributed by atoms with Gasteiger partial charge in [-0.25, -0.2) is 4.39 Å². The van der Waals surface area contributed by atoms with E-state index in [0.717, 1.165) is 12.2 Å². The van der Waals surface area contributed by atoms with Crippen molar-refractivity contribution in [2.24, 2.45) is 5.92 Å². The molecule has 0 bridgehead atoms. The molecule has 1 aromatic carbocycles. The molecule has 5 nitrogen and oxygen atoms in total. The average Bonchev–Trinajstić information content (AvgIpc) is 3.21. The van der Waals surface area contributed by atoms with Crippen molar-refractivity contribution in [2.45, 2.75) is 27.3 Å². The largest absolute Gasteiger partial charge is 0.461 e. The summed E-state index contributed by atoms with van der Waals surface area (Å²) in [6.07, 6.45) is 4.92. The van der Waals surface area contributed by atoms with Crippen LogP contribution in [0.15, 0.2) is 41.3 Å². The third kappa shape index (κ3) is 2.91. The number of rotatable bonds is 5. The molecule has 0 unspecified atom stereocenters. The second kappa shape index (κ2) is 6.47. The smallest absolute Gasteiger partial charge is 0.259 e. The predicted octanol–water partition coefficient (Wildman–Crippen LogP) is 4.09. The fourth-order valence-electron chi connectivity index (χ4n) is 2.70. The molecule has 0 aliphatic heterocycles. The quantitative estimate of drug-likeness (QED) is 0.708. The highest BCUT2D eigenvalue weighted by Gasteiger charge is 2.23. The van der Waals surface area contributed by atoms with Crippen molar-refractivity contribution < 1.29 is 13.6 Å². The number of nitrogens with zero attached hydrogens (tertiary/aromatic N) is 3. The molecule has 0 aliphatic rings. The molecular weight excluding hydrogens is 309 g/mol. The molecular formula is C18H20FN3O2. The molecule has 0 radical (unpaired) electrons. The van der Waals surface area contributed by atoms with Gasteiger partial charge in [0.15, 0.2) is 11.4 Å². The van der Waals surface area contributed by atoms with Crippen molar-refractivity contribution in [3.05, 3.63) is 48.2 Å². The Kier molecular flexibility index (Phi) is 4.38. The number of carbonyl (C=O) groups excluding carboxylic acids is 1. The van der Waals surface area contributed by atoms with E-state index in [0.29, 0.717) is 17.5 Å². The van der Waals surface area contributed by atoms with Gasteiger partial charge in [-0.3, -0.25) is 9.48 Å². The number of benzene rings is 1. The third-order valence-electron chi connectivity index (χ3n) is 3.85. The van der Waals surface area contributed by atoms with Gasteiger partial charge >= 0.3 is 0 Å². The van der Waals surface area contributed by atoms with E-state index >= 15 is 0 Å². The van der Waals surface area contributed by atoms with Crippen LogP contribution in [0.2, 0.25) is 0 Å². The molecule has 24 heavy (non-hydrogen) atoms. The molecule has 1 amide bonds. The van der Waals surface area contributed by atoms with Gasteiger partial charge in [-0.2, -0.15) is 5.10 Å². The molecule has 2 heterocycles. The third-order valence-corrected chi connectivity index (χ3v) is 3.85. The summed E-state index contributed by atoms with van der Waals surface area (Å²) in [7, 11) is 0. The summed E-state index contributed by atoms with van der Waals surface area (Å²) < 4.78 is 20.8. The summed E-state index contributed by atoms with van der Waals surface area (Å²) in [6.45, 7) is 7.35. The topological polar surface area (TPSA) is 51.3 Å². The number of aryl methyl sites for hydroxylation is 1. The number of hydrogen-bond donors (Lipinski definition) is 0. The normalized spacial score (nSPS) is 11.4. The lowest BCUT2D eigenvalue weighted by Gasteiger charge is -2.23. The van der Waals surface area contributed by atoms with Crippen molar-refractivity contribution in [2.75, 3.05) is 11.4 Å². The zero-order valence-electron chi connectivity index (χ0n) is 14.0. The lowest BCUT2D eigenvalue weighted by molar-refractivity contribution is 0.0985. The van der Waals surface area contributed by atoms with E-state index in [9.17, 15) is 9.18 Å². The van der Waals surface area contributed by atoms with Crippen LogP contribution in [-0.2, 0) is 6.54 Å². The first-order chi connectivity index (χ1) is 11.5. The first kappa shape index (κ1) is 16.2. The second-order valence-corrected chi connectivity index (χ2v) is 6.12. The Morgan fingerprint density at radius 2 is 2.17 bits per heavy atom. The van der Waals surface area contributed by atoms with Gasteiger partial charge in [-0.1, -0.05) is 13.8 Å². The van der Waals surface area contributed by atoms with Crippen molar-refractivity contribution in [3.63, 3.8) is 0 Å². The number of fused-ring (bicyclic) bond motifs is 1. The summed E-state index contributed by atoms with van der Waals surface area (Å²) >= 11 is 0. The van der Waals surface area contributed by atoms with Gasteiger partial charge in [0.2, 0.25) is 0 Å². The highest BCUT2D eigenvalue weighted by atomic mass is 19.1. The number of hydrogen-bond acceptors (Lipinski definition) is 3. The number of anilines is 1. The van der Waals surface area contributed by atoms with Crippen LogP contribution in [0.25, 0.3) is 11.0 Å². The minimum atomic E-state index is -0.472. The van der Waals surface area contributed by atoms with Gasteiger partial charge < -0.3 is 9.32 Å². The van der Waals surface area contributed by atoms with Crippen LogP contribution in [0.5, 0.6) is 0 Å². The zero-order chi connectivity index (χ0) is 17.3. The van der Waals surface area contributed by atoms with Gasteiger partial charge in [-0.15, -0.1) is 0 Å². The van der Waals surface area contributed by atoms with Gasteiger partial charge in [-0.05, 0) is 31.0 Å². The van der Waals surface area contributed by atoms with Crippen LogP contribution in [0, 0.1) is 11.7 Å². The maximum atomic E-state index is 13.8. The van der Waals surface area contributed by atoms with E-state index in [1.807, 2.05) is 27.0 Å². The Bertz CT molecular complexity index is 866. The van der Waals surface area contributed by atoms with E-state index in [1.165, 1.54) is 18.4 Å². The highest BCUT2D eigenvalue weighted by Crippen LogP contribution is 2.26. The minimum absolute atomic E-state index is 0.106. The van der Waals surface area contributed by atoms with E-state index in [4.69, 9.17) is 4.42 Å². The van der Waals surface area contributed by atoms with Crippen LogP contribution in [0.4, 0.5) is 10.1 Å². The van der Waals surface area contributed by atoms with E-state index < -0.39 is 5.82 Å². The molecule has 126 valence electrons. The van der Waals surface area contributed by atoms with Gasteiger partial charge in [0.1, 0.15) is 0 Å². The molecule has 0 N–H and O–H groups in total. The van der Waals surface area contributed by atoms with Crippen molar-refractivity contribution in [1.82, 2.24) is 9.78 Å². The molecule has 0 atom stereocenters. The maximum absolute atomic E-state index is 13.8.